The molecule has 0 aromatic carbocycles. The highest BCUT2D eigenvalue weighted by Crippen LogP contribution is 2.09. The van der Waals surface area contributed by atoms with Gasteiger partial charge in [0, 0.05) is 13.0 Å². The molecule has 0 rings (SSSR count). The van der Waals surface area contributed by atoms with Crippen LogP contribution in [0.2, 0.25) is 0 Å². The molecule has 7 amide bonds. The maximum Gasteiger partial charge on any atom is 0.326 e. The third kappa shape index (κ3) is 20.8. The first-order valence-electron chi connectivity index (χ1n) is 18.2. The van der Waals surface area contributed by atoms with Crippen molar-refractivity contribution in [3.8, 4) is 0 Å². The summed E-state index contributed by atoms with van der Waals surface area (Å²) in [4.78, 5) is 106. The molecule has 0 aliphatic rings. The van der Waals surface area contributed by atoms with Gasteiger partial charge in [0.05, 0.1) is 24.9 Å². The Morgan fingerprint density at radius 1 is 0.649 bits per heavy atom. The molecule has 0 aliphatic heterocycles. The van der Waals surface area contributed by atoms with Crippen LogP contribution in [0.4, 0.5) is 0 Å². The number of aliphatic carboxylic acids is 1. The zero-order valence-electron chi connectivity index (χ0n) is 32.9. The smallest absolute Gasteiger partial charge is 0.326 e. The number of carboxylic acids is 1. The maximum absolute atomic E-state index is 13.5. The summed E-state index contributed by atoms with van der Waals surface area (Å²) >= 11 is 1.43. The summed E-state index contributed by atoms with van der Waals surface area (Å²) in [6, 6.07) is -10.5. The van der Waals surface area contributed by atoms with Crippen molar-refractivity contribution in [2.24, 2.45) is 33.8 Å². The minimum absolute atomic E-state index is 0.00830. The van der Waals surface area contributed by atoms with Crippen molar-refractivity contribution in [1.29, 1.82) is 0 Å². The summed E-state index contributed by atoms with van der Waals surface area (Å²) < 4.78 is 0. The Labute approximate surface area is 335 Å². The van der Waals surface area contributed by atoms with Crippen molar-refractivity contribution in [1.82, 2.24) is 31.9 Å². The Bertz CT molecular complexity index is 1400. The van der Waals surface area contributed by atoms with E-state index in [0.29, 0.717) is 5.75 Å². The number of carboxylic acid groups (broad SMARTS) is 1. The molecular formula is C33H61N11O12S. The molecule has 0 saturated heterocycles. The van der Waals surface area contributed by atoms with Crippen LogP contribution in [0, 0.1) is 5.92 Å². The number of amides is 7. The number of nitrogens with zero attached hydrogens (tertiary/aromatic N) is 1. The zero-order chi connectivity index (χ0) is 44.0. The molecule has 0 radical (unpaired) electrons. The predicted octanol–water partition coefficient (Wildman–Crippen LogP) is -5.82. The molecule has 0 unspecified atom stereocenters. The van der Waals surface area contributed by atoms with Crippen LogP contribution in [0.15, 0.2) is 4.99 Å². The average molecular weight is 836 g/mol. The molecule has 0 spiro atoms. The van der Waals surface area contributed by atoms with Crippen LogP contribution in [-0.4, -0.2) is 153 Å². The molecule has 0 bridgehead atoms. The number of carbonyl (C=O) groups is 8. The number of carbonyl (C=O) groups excluding carboxylic acids is 7. The van der Waals surface area contributed by atoms with Gasteiger partial charge >= 0.3 is 5.97 Å². The number of primary amides is 1. The lowest BCUT2D eigenvalue weighted by Crippen LogP contribution is -2.62. The van der Waals surface area contributed by atoms with E-state index in [4.69, 9.17) is 22.9 Å². The van der Waals surface area contributed by atoms with E-state index >= 15 is 0 Å². The SMILES string of the molecule is CSCC[C@H](N)C(=O)N[C@H](C(=O)N[C@@H](CO)C(=O)N[C@@H](CCC(N)=O)C(=O)N[C@H](C(=O)N[C@@H](CC(C)C)C(=O)N[C@@H](CCCN=C(N)N)C(=O)O)[C@@H](C)O)[C@@H](C)O. The van der Waals surface area contributed by atoms with E-state index in [9.17, 15) is 58.8 Å². The highest BCUT2D eigenvalue weighted by Gasteiger charge is 2.36. The van der Waals surface area contributed by atoms with Gasteiger partial charge in [-0.2, -0.15) is 11.8 Å². The van der Waals surface area contributed by atoms with Gasteiger partial charge in [0.2, 0.25) is 41.4 Å². The number of rotatable bonds is 28. The largest absolute Gasteiger partial charge is 0.480 e. The molecule has 0 fully saturated rings. The topological polar surface area (TPSA) is 406 Å². The summed E-state index contributed by atoms with van der Waals surface area (Å²) in [6.45, 7) is 4.84. The Balaban J connectivity index is 6.08. The summed E-state index contributed by atoms with van der Waals surface area (Å²) in [7, 11) is 0. The van der Waals surface area contributed by atoms with E-state index in [1.807, 2.05) is 0 Å². The number of aliphatic imine (C=N–C) groups is 1. The van der Waals surface area contributed by atoms with Crippen LogP contribution in [-0.2, 0) is 38.4 Å². The molecule has 0 aromatic rings. The van der Waals surface area contributed by atoms with Crippen LogP contribution >= 0.6 is 11.8 Å². The van der Waals surface area contributed by atoms with Crippen molar-refractivity contribution in [2.75, 3.05) is 25.2 Å². The fourth-order valence-corrected chi connectivity index (χ4v) is 5.47. The molecule has 57 heavy (non-hydrogen) atoms. The van der Waals surface area contributed by atoms with Crippen molar-refractivity contribution in [3.05, 3.63) is 0 Å². The molecular weight excluding hydrogens is 774 g/mol. The Morgan fingerprint density at radius 2 is 1.12 bits per heavy atom. The first kappa shape index (κ1) is 52.2. The summed E-state index contributed by atoms with van der Waals surface area (Å²) in [5.41, 5.74) is 21.6. The summed E-state index contributed by atoms with van der Waals surface area (Å²) in [6.07, 6.45) is -1.81. The number of aliphatic hydroxyl groups excluding tert-OH is 3. The van der Waals surface area contributed by atoms with Crippen molar-refractivity contribution < 1.29 is 58.8 Å². The molecule has 326 valence electrons. The lowest BCUT2D eigenvalue weighted by molar-refractivity contribution is -0.142. The Hall–Kier alpha value is -4.78. The van der Waals surface area contributed by atoms with Crippen LogP contribution in [0.1, 0.15) is 66.2 Å². The van der Waals surface area contributed by atoms with Crippen molar-refractivity contribution in [3.63, 3.8) is 0 Å². The summed E-state index contributed by atoms with van der Waals surface area (Å²) in [5.74, 6) is -8.20. The van der Waals surface area contributed by atoms with Gasteiger partial charge in [0.15, 0.2) is 5.96 Å². The van der Waals surface area contributed by atoms with E-state index in [2.05, 4.69) is 36.9 Å². The van der Waals surface area contributed by atoms with Crippen LogP contribution in [0.3, 0.4) is 0 Å². The van der Waals surface area contributed by atoms with Gasteiger partial charge in [0.1, 0.15) is 36.3 Å². The fraction of sp³-hybridized carbons (Fsp3) is 0.727. The first-order valence-corrected chi connectivity index (χ1v) is 19.6. The Morgan fingerprint density at radius 3 is 1.58 bits per heavy atom. The molecule has 0 heterocycles. The summed E-state index contributed by atoms with van der Waals surface area (Å²) in [5, 5.41) is 54.0. The molecule has 9 atom stereocenters. The van der Waals surface area contributed by atoms with Gasteiger partial charge in [-0.05, 0) is 63.9 Å². The number of hydrogen-bond donors (Lipinski definition) is 14. The second kappa shape index (κ2) is 27.0. The van der Waals surface area contributed by atoms with Crippen LogP contribution in [0.5, 0.6) is 0 Å². The normalized spacial score (nSPS) is 15.8. The van der Waals surface area contributed by atoms with Crippen LogP contribution < -0.4 is 54.8 Å². The lowest BCUT2D eigenvalue weighted by atomic mass is 10.0. The lowest BCUT2D eigenvalue weighted by Gasteiger charge is -2.28. The van der Waals surface area contributed by atoms with Crippen molar-refractivity contribution in [2.45, 2.75) is 121 Å². The number of thioether (sulfide) groups is 1. The fourth-order valence-electron chi connectivity index (χ4n) is 4.98. The number of nitrogens with one attached hydrogen (secondary N) is 6. The van der Waals surface area contributed by atoms with Crippen LogP contribution in [0.25, 0.3) is 0 Å². The van der Waals surface area contributed by atoms with E-state index in [1.165, 1.54) is 18.7 Å². The van der Waals surface area contributed by atoms with Gasteiger partial charge in [-0.15, -0.1) is 0 Å². The third-order valence-electron chi connectivity index (χ3n) is 8.12. The predicted molar refractivity (Wildman–Crippen MR) is 208 cm³/mol. The molecule has 0 aliphatic carbocycles. The monoisotopic (exact) mass is 835 g/mol. The molecule has 24 heteroatoms. The number of hydrogen-bond acceptors (Lipinski definition) is 14. The van der Waals surface area contributed by atoms with Gasteiger partial charge in [-0.3, -0.25) is 38.6 Å². The average Bonchev–Trinajstić information content (AvgIpc) is 3.11. The molecule has 0 aromatic heterocycles. The number of aliphatic hydroxyl groups is 3. The van der Waals surface area contributed by atoms with E-state index in [-0.39, 0.29) is 44.1 Å². The second-order valence-electron chi connectivity index (χ2n) is 13.7. The van der Waals surface area contributed by atoms with Gasteiger partial charge in [-0.25, -0.2) is 4.79 Å². The number of guanidine groups is 1. The molecule has 18 N–H and O–H groups in total. The van der Waals surface area contributed by atoms with E-state index in [0.717, 1.165) is 6.92 Å². The maximum atomic E-state index is 13.5. The quantitative estimate of drug-likeness (QED) is 0.0198. The first-order chi connectivity index (χ1) is 26.5. The van der Waals surface area contributed by atoms with Gasteiger partial charge < -0.3 is 75.3 Å². The number of nitrogens with two attached hydrogens (primary N) is 4. The van der Waals surface area contributed by atoms with Gasteiger partial charge in [0.25, 0.3) is 0 Å². The zero-order valence-corrected chi connectivity index (χ0v) is 33.7. The van der Waals surface area contributed by atoms with E-state index in [1.54, 1.807) is 20.1 Å². The highest BCUT2D eigenvalue weighted by molar-refractivity contribution is 7.98. The third-order valence-corrected chi connectivity index (χ3v) is 8.77. The molecule has 23 nitrogen and oxygen atoms in total. The highest BCUT2D eigenvalue weighted by atomic mass is 32.2. The second-order valence-corrected chi connectivity index (χ2v) is 14.7. The minimum Gasteiger partial charge on any atom is -0.480 e. The van der Waals surface area contributed by atoms with Gasteiger partial charge in [-0.1, -0.05) is 13.8 Å². The Kier molecular flexibility index (Phi) is 24.7. The van der Waals surface area contributed by atoms with Crippen molar-refractivity contribution >= 4 is 65.0 Å². The molecule has 0 saturated carbocycles. The minimum atomic E-state index is -1.77. The standard InChI is InChI=1S/C33H61N11O12S/c1-15(2)13-21(28(51)40-20(32(55)56)7-6-11-38-33(36)37)41-30(53)25(17(4)47)44-27(50)19(8-9-23(35)48)39-29(52)22(14-45)42-31(54)24(16(3)46)43-26(49)18(34)10-12-57-5/h15-22,24-25,45-47H,6-14,34H2,1-5H3,(H2,35,48)(H,39,52)(H,40,51)(H,41,53)(H,42,54)(H,43,49)(H,44,50)(H,55,56)(H4,36,37,38)/t16-,17-,18+,19+,20+,21+,22+,24+,25+/m1/s1. The van der Waals surface area contributed by atoms with E-state index < -0.39 is 121 Å².